The predicted molar refractivity (Wildman–Crippen MR) is 74.2 cm³/mol. The number of nitriles is 1. The Labute approximate surface area is 116 Å². The number of aryl methyl sites for hydroxylation is 2. The molecular formula is C14H13N3OS. The quantitative estimate of drug-likeness (QED) is 0.757. The molecule has 2 N–H and O–H groups in total. The Balaban J connectivity index is 1.97. The number of rotatable bonds is 1. The molecule has 0 aromatic heterocycles. The highest BCUT2D eigenvalue weighted by Gasteiger charge is 2.35. The minimum atomic E-state index is -0.744. The van der Waals surface area contributed by atoms with Crippen LogP contribution in [-0.4, -0.2) is 11.0 Å². The minimum absolute atomic E-state index is 0.294. The average Bonchev–Trinajstić information content (AvgIpc) is 2.85. The third-order valence-corrected chi connectivity index (χ3v) is 3.98. The summed E-state index contributed by atoms with van der Waals surface area (Å²) in [5.41, 5.74) is 3.66. The van der Waals surface area contributed by atoms with E-state index in [2.05, 4.69) is 28.8 Å². The molecule has 96 valence electrons. The van der Waals surface area contributed by atoms with Crippen LogP contribution in [0.1, 0.15) is 29.2 Å². The van der Waals surface area contributed by atoms with Crippen molar-refractivity contribution in [2.45, 2.75) is 25.3 Å². The fourth-order valence-electron chi connectivity index (χ4n) is 2.80. The van der Waals surface area contributed by atoms with E-state index in [-0.39, 0.29) is 11.9 Å². The number of carbonyl (C=O) groups is 1. The van der Waals surface area contributed by atoms with Gasteiger partial charge in [0.2, 0.25) is 5.91 Å². The molecule has 0 unspecified atom stereocenters. The van der Waals surface area contributed by atoms with Crippen molar-refractivity contribution in [3.8, 4) is 6.07 Å². The third-order valence-electron chi connectivity index (χ3n) is 3.76. The second-order valence-corrected chi connectivity index (χ2v) is 5.34. The van der Waals surface area contributed by atoms with E-state index in [9.17, 15) is 10.1 Å². The smallest absolute Gasteiger partial charge is 0.245 e. The van der Waals surface area contributed by atoms with Gasteiger partial charge < -0.3 is 10.6 Å². The lowest BCUT2D eigenvalue weighted by Gasteiger charge is -2.29. The summed E-state index contributed by atoms with van der Waals surface area (Å²) < 4.78 is 0. The monoisotopic (exact) mass is 271 g/mol. The molecule has 2 aliphatic rings. The van der Waals surface area contributed by atoms with Crippen LogP contribution in [0.4, 0.5) is 0 Å². The van der Waals surface area contributed by atoms with Crippen molar-refractivity contribution < 1.29 is 4.79 Å². The van der Waals surface area contributed by atoms with Crippen LogP contribution in [0.5, 0.6) is 0 Å². The highest BCUT2D eigenvalue weighted by molar-refractivity contribution is 7.80. The molecule has 0 radical (unpaired) electrons. The highest BCUT2D eigenvalue weighted by atomic mass is 32.1. The number of benzene rings is 1. The maximum Gasteiger partial charge on any atom is 0.245 e. The van der Waals surface area contributed by atoms with Gasteiger partial charge in [-0.05, 0) is 48.2 Å². The predicted octanol–water partition coefficient (Wildman–Crippen LogP) is 1.36. The van der Waals surface area contributed by atoms with Gasteiger partial charge in [0.05, 0.1) is 12.1 Å². The van der Waals surface area contributed by atoms with Gasteiger partial charge in [0.25, 0.3) is 0 Å². The van der Waals surface area contributed by atoms with E-state index in [0.717, 1.165) is 18.4 Å². The third kappa shape index (κ3) is 2.08. The van der Waals surface area contributed by atoms with E-state index < -0.39 is 5.92 Å². The van der Waals surface area contributed by atoms with E-state index >= 15 is 0 Å². The fourth-order valence-corrected chi connectivity index (χ4v) is 3.02. The molecule has 1 aromatic rings. The van der Waals surface area contributed by atoms with Gasteiger partial charge in [-0.3, -0.25) is 4.79 Å². The van der Waals surface area contributed by atoms with Crippen molar-refractivity contribution in [1.82, 2.24) is 10.6 Å². The lowest BCUT2D eigenvalue weighted by Crippen LogP contribution is -2.53. The van der Waals surface area contributed by atoms with Gasteiger partial charge >= 0.3 is 0 Å². The summed E-state index contributed by atoms with van der Waals surface area (Å²) in [5, 5.41) is 15.0. The largest absolute Gasteiger partial charge is 0.354 e. The fraction of sp³-hybridized carbons (Fsp3) is 0.357. The maximum absolute atomic E-state index is 11.8. The first-order chi connectivity index (χ1) is 9.19. The Morgan fingerprint density at radius 1 is 1.32 bits per heavy atom. The molecule has 0 bridgehead atoms. The Hall–Kier alpha value is -1.93. The molecule has 1 saturated heterocycles. The van der Waals surface area contributed by atoms with Crippen LogP contribution in [-0.2, 0) is 17.6 Å². The van der Waals surface area contributed by atoms with E-state index in [4.69, 9.17) is 12.2 Å². The van der Waals surface area contributed by atoms with Crippen molar-refractivity contribution in [1.29, 1.82) is 5.26 Å². The van der Waals surface area contributed by atoms with Crippen molar-refractivity contribution in [3.63, 3.8) is 0 Å². The van der Waals surface area contributed by atoms with Crippen LogP contribution in [0.2, 0.25) is 0 Å². The Morgan fingerprint density at radius 3 is 2.89 bits per heavy atom. The topological polar surface area (TPSA) is 64.9 Å². The van der Waals surface area contributed by atoms with Crippen LogP contribution in [0.3, 0.4) is 0 Å². The number of hydrogen-bond donors (Lipinski definition) is 2. The first-order valence-corrected chi connectivity index (χ1v) is 6.72. The summed E-state index contributed by atoms with van der Waals surface area (Å²) in [6.07, 6.45) is 3.37. The SMILES string of the molecule is N#C[C@H]1C(=O)NC(=S)N[C@H]1c1ccc2c(c1)CCC2. The Kier molecular flexibility index (Phi) is 2.96. The zero-order chi connectivity index (χ0) is 13.4. The van der Waals surface area contributed by atoms with Crippen molar-refractivity contribution in [2.75, 3.05) is 0 Å². The molecule has 1 amide bonds. The zero-order valence-corrected chi connectivity index (χ0v) is 11.1. The molecule has 1 aliphatic carbocycles. The van der Waals surface area contributed by atoms with Crippen molar-refractivity contribution >= 4 is 23.2 Å². The molecule has 3 rings (SSSR count). The second kappa shape index (κ2) is 4.63. The van der Waals surface area contributed by atoms with Gasteiger partial charge in [0, 0.05) is 0 Å². The Morgan fingerprint density at radius 2 is 2.11 bits per heavy atom. The van der Waals surface area contributed by atoms with E-state index in [1.165, 1.54) is 17.5 Å². The van der Waals surface area contributed by atoms with Gasteiger partial charge in [0.1, 0.15) is 5.92 Å². The molecule has 0 spiro atoms. The van der Waals surface area contributed by atoms with Crippen molar-refractivity contribution in [3.05, 3.63) is 34.9 Å². The number of nitrogens with zero attached hydrogens (tertiary/aromatic N) is 1. The van der Waals surface area contributed by atoms with Gasteiger partial charge in [-0.25, -0.2) is 0 Å². The summed E-state index contributed by atoms with van der Waals surface area (Å²) in [4.78, 5) is 11.8. The minimum Gasteiger partial charge on any atom is -0.354 e. The molecular weight excluding hydrogens is 258 g/mol. The average molecular weight is 271 g/mol. The summed E-state index contributed by atoms with van der Waals surface area (Å²) in [7, 11) is 0. The maximum atomic E-state index is 11.8. The van der Waals surface area contributed by atoms with Crippen LogP contribution in [0, 0.1) is 17.2 Å². The Bertz CT molecular complexity index is 605. The lowest BCUT2D eigenvalue weighted by molar-refractivity contribution is -0.123. The van der Waals surface area contributed by atoms with Crippen LogP contribution in [0.15, 0.2) is 18.2 Å². The first-order valence-electron chi connectivity index (χ1n) is 6.32. The van der Waals surface area contributed by atoms with E-state index in [0.29, 0.717) is 5.11 Å². The van der Waals surface area contributed by atoms with Gasteiger partial charge in [-0.2, -0.15) is 5.26 Å². The molecule has 1 heterocycles. The van der Waals surface area contributed by atoms with E-state index in [1.807, 2.05) is 6.07 Å². The molecule has 4 nitrogen and oxygen atoms in total. The van der Waals surface area contributed by atoms with E-state index in [1.54, 1.807) is 0 Å². The van der Waals surface area contributed by atoms with Crippen LogP contribution < -0.4 is 10.6 Å². The van der Waals surface area contributed by atoms with Gasteiger partial charge in [-0.15, -0.1) is 0 Å². The number of carbonyl (C=O) groups excluding carboxylic acids is 1. The molecule has 19 heavy (non-hydrogen) atoms. The van der Waals surface area contributed by atoms with Crippen molar-refractivity contribution in [2.24, 2.45) is 5.92 Å². The summed E-state index contributed by atoms with van der Waals surface area (Å²) in [6.45, 7) is 0. The molecule has 1 aliphatic heterocycles. The van der Waals surface area contributed by atoms with Gasteiger partial charge in [-0.1, -0.05) is 18.2 Å². The first kappa shape index (κ1) is 12.1. The number of thiocarbonyl (C=S) groups is 1. The second-order valence-electron chi connectivity index (χ2n) is 4.93. The summed E-state index contributed by atoms with van der Waals surface area (Å²) in [6, 6.07) is 7.90. The number of nitrogens with one attached hydrogen (secondary N) is 2. The zero-order valence-electron chi connectivity index (χ0n) is 10.3. The molecule has 2 atom stereocenters. The number of hydrogen-bond acceptors (Lipinski definition) is 3. The molecule has 1 aromatic carbocycles. The van der Waals surface area contributed by atoms with Crippen LogP contribution in [0.25, 0.3) is 0 Å². The molecule has 5 heteroatoms. The highest BCUT2D eigenvalue weighted by Crippen LogP contribution is 2.29. The molecule has 1 fully saturated rings. The summed E-state index contributed by atoms with van der Waals surface area (Å²) in [5.74, 6) is -1.07. The standard InChI is InChI=1S/C14H13N3OS/c15-7-11-12(16-14(19)17-13(11)18)10-5-4-8-2-1-3-9(8)6-10/h4-6,11-12H,1-3H2,(H2,16,17,18,19)/t11-,12+/m1/s1. The lowest BCUT2D eigenvalue weighted by atomic mass is 9.90. The molecule has 0 saturated carbocycles. The normalized spacial score (nSPS) is 25.2. The summed E-state index contributed by atoms with van der Waals surface area (Å²) >= 11 is 5.01. The van der Waals surface area contributed by atoms with Crippen LogP contribution >= 0.6 is 12.2 Å². The number of amides is 1. The van der Waals surface area contributed by atoms with Gasteiger partial charge in [0.15, 0.2) is 5.11 Å². The number of fused-ring (bicyclic) bond motifs is 1.